The number of hydrogen-bond donors (Lipinski definition) is 1. The molecule has 4 rings (SSSR count). The lowest BCUT2D eigenvalue weighted by Gasteiger charge is -2.37. The minimum Gasteiger partial charge on any atom is -0.330 e. The van der Waals surface area contributed by atoms with Crippen LogP contribution in [0.25, 0.3) is 0 Å². The van der Waals surface area contributed by atoms with Crippen molar-refractivity contribution in [3.63, 3.8) is 0 Å². The van der Waals surface area contributed by atoms with Gasteiger partial charge >= 0.3 is 0 Å². The van der Waals surface area contributed by atoms with E-state index in [0.29, 0.717) is 37.5 Å². The largest absolute Gasteiger partial charge is 0.330 e. The summed E-state index contributed by atoms with van der Waals surface area (Å²) in [4.78, 5) is 35.9. The van der Waals surface area contributed by atoms with E-state index in [9.17, 15) is 9.59 Å². The van der Waals surface area contributed by atoms with Crippen molar-refractivity contribution >= 4 is 17.6 Å². The van der Waals surface area contributed by atoms with E-state index in [1.165, 1.54) is 0 Å². The summed E-state index contributed by atoms with van der Waals surface area (Å²) in [5, 5.41) is 0. The molecule has 0 aromatic heterocycles. The molecule has 1 aliphatic carbocycles. The van der Waals surface area contributed by atoms with Crippen LogP contribution in [0.4, 0.5) is 0 Å². The Morgan fingerprint density at radius 1 is 1.12 bits per heavy atom. The van der Waals surface area contributed by atoms with Crippen LogP contribution >= 0.6 is 0 Å². The third-order valence-electron chi connectivity index (χ3n) is 6.55. The topological polar surface area (TPSA) is 79.0 Å². The molecule has 0 radical (unpaired) electrons. The van der Waals surface area contributed by atoms with Crippen molar-refractivity contribution in [2.24, 2.45) is 16.6 Å². The summed E-state index contributed by atoms with van der Waals surface area (Å²) < 4.78 is 0. The molecule has 2 N–H and O–H groups in total. The van der Waals surface area contributed by atoms with E-state index in [4.69, 9.17) is 10.7 Å². The monoisotopic (exact) mass is 446 g/mol. The zero-order valence-electron chi connectivity index (χ0n) is 19.8. The van der Waals surface area contributed by atoms with E-state index in [2.05, 4.69) is 13.8 Å². The lowest BCUT2D eigenvalue weighted by Crippen LogP contribution is -2.53. The van der Waals surface area contributed by atoms with Crippen LogP contribution in [0.5, 0.6) is 0 Å². The molecule has 1 atom stereocenters. The number of aliphatic imine (C=N–C) groups is 1. The van der Waals surface area contributed by atoms with Crippen LogP contribution in [0.15, 0.2) is 59.6 Å². The number of aryl methyl sites for hydroxylation is 1. The van der Waals surface area contributed by atoms with E-state index in [1.54, 1.807) is 0 Å². The zero-order chi connectivity index (χ0) is 23.6. The lowest BCUT2D eigenvalue weighted by molar-refractivity contribution is -0.128. The first-order valence-electron chi connectivity index (χ1n) is 11.9. The first kappa shape index (κ1) is 23.2. The number of hydrogen-bond acceptors (Lipinski definition) is 4. The number of amidine groups is 1. The molecule has 1 heterocycles. The van der Waals surface area contributed by atoms with E-state index in [-0.39, 0.29) is 23.8 Å². The fourth-order valence-electron chi connectivity index (χ4n) is 4.56. The molecule has 2 aromatic carbocycles. The summed E-state index contributed by atoms with van der Waals surface area (Å²) in [6.07, 6.45) is 2.24. The summed E-state index contributed by atoms with van der Waals surface area (Å²) in [6.45, 7) is 7.67. The Morgan fingerprint density at radius 2 is 1.79 bits per heavy atom. The van der Waals surface area contributed by atoms with Gasteiger partial charge < -0.3 is 10.6 Å². The molecule has 1 spiro atoms. The Morgan fingerprint density at radius 3 is 2.36 bits per heavy atom. The normalized spacial score (nSPS) is 17.4. The Bertz CT molecular complexity index is 1030. The molecule has 1 saturated carbocycles. The molecule has 2 amide bonds. The van der Waals surface area contributed by atoms with Gasteiger partial charge in [-0.2, -0.15) is 0 Å². The van der Waals surface area contributed by atoms with E-state index < -0.39 is 5.54 Å². The van der Waals surface area contributed by atoms with Gasteiger partial charge in [-0.3, -0.25) is 19.5 Å². The molecule has 0 saturated heterocycles. The van der Waals surface area contributed by atoms with E-state index in [1.807, 2.05) is 71.3 Å². The highest BCUT2D eigenvalue weighted by molar-refractivity contribution is 6.12. The van der Waals surface area contributed by atoms with E-state index >= 15 is 0 Å². The molecular weight excluding hydrogens is 412 g/mol. The highest BCUT2D eigenvalue weighted by Crippen LogP contribution is 2.46. The predicted molar refractivity (Wildman–Crippen MR) is 131 cm³/mol. The van der Waals surface area contributed by atoms with Crippen LogP contribution in [-0.4, -0.2) is 52.1 Å². The molecule has 6 heteroatoms. The molecule has 174 valence electrons. The van der Waals surface area contributed by atoms with Crippen LogP contribution in [0.3, 0.4) is 0 Å². The number of carbonyl (C=O) groups is 2. The molecule has 2 aromatic rings. The summed E-state index contributed by atoms with van der Waals surface area (Å²) in [6, 6.07) is 17.3. The van der Waals surface area contributed by atoms with Gasteiger partial charge in [-0.25, -0.2) is 0 Å². The van der Waals surface area contributed by atoms with E-state index in [0.717, 1.165) is 24.0 Å². The molecule has 2 aliphatic rings. The summed E-state index contributed by atoms with van der Waals surface area (Å²) in [5.41, 5.74) is 8.02. The number of amides is 2. The minimum absolute atomic E-state index is 0.0475. The van der Waals surface area contributed by atoms with Gasteiger partial charge in [0.25, 0.3) is 11.8 Å². The first-order chi connectivity index (χ1) is 15.9. The summed E-state index contributed by atoms with van der Waals surface area (Å²) >= 11 is 0. The second-order valence-corrected chi connectivity index (χ2v) is 9.57. The minimum atomic E-state index is -0.621. The Labute approximate surface area is 196 Å². The molecule has 0 bridgehead atoms. The molecule has 1 fully saturated rings. The fourth-order valence-corrected chi connectivity index (χ4v) is 4.56. The quantitative estimate of drug-likeness (QED) is 0.637. The predicted octanol–water partition coefficient (Wildman–Crippen LogP) is 3.78. The summed E-state index contributed by atoms with van der Waals surface area (Å²) in [5.74, 6) is 0.812. The number of nitrogens with zero attached hydrogens (tertiary/aromatic N) is 3. The van der Waals surface area contributed by atoms with Crippen LogP contribution < -0.4 is 5.73 Å². The first-order valence-corrected chi connectivity index (χ1v) is 11.9. The van der Waals surface area contributed by atoms with Crippen LogP contribution in [0.2, 0.25) is 0 Å². The summed E-state index contributed by atoms with van der Waals surface area (Å²) in [7, 11) is 0. The number of rotatable bonds is 9. The van der Waals surface area contributed by atoms with Crippen molar-refractivity contribution in [1.82, 2.24) is 9.80 Å². The molecule has 33 heavy (non-hydrogen) atoms. The van der Waals surface area contributed by atoms with Crippen molar-refractivity contribution in [2.75, 3.05) is 13.1 Å². The second-order valence-electron chi connectivity index (χ2n) is 9.57. The van der Waals surface area contributed by atoms with Crippen molar-refractivity contribution in [1.29, 1.82) is 0 Å². The van der Waals surface area contributed by atoms with Crippen LogP contribution in [0.1, 0.15) is 54.6 Å². The maximum absolute atomic E-state index is 13.7. The molecular formula is C27H34N4O2. The van der Waals surface area contributed by atoms with Gasteiger partial charge in [0, 0.05) is 12.1 Å². The van der Waals surface area contributed by atoms with Crippen molar-refractivity contribution in [3.8, 4) is 0 Å². The third kappa shape index (κ3) is 4.71. The maximum Gasteiger partial charge on any atom is 0.256 e. The molecule has 6 nitrogen and oxygen atoms in total. The van der Waals surface area contributed by atoms with Gasteiger partial charge in [0.1, 0.15) is 11.4 Å². The number of benzene rings is 2. The van der Waals surface area contributed by atoms with Crippen LogP contribution in [-0.2, 0) is 11.3 Å². The highest BCUT2D eigenvalue weighted by atomic mass is 16.2. The van der Waals surface area contributed by atoms with Gasteiger partial charge in [0.05, 0.1) is 12.6 Å². The van der Waals surface area contributed by atoms with Gasteiger partial charge in [-0.05, 0) is 56.3 Å². The molecule has 1 aliphatic heterocycles. The van der Waals surface area contributed by atoms with Crippen molar-refractivity contribution in [2.45, 2.75) is 58.2 Å². The Hall–Kier alpha value is -2.99. The number of nitrogens with two attached hydrogens (primary N) is 1. The van der Waals surface area contributed by atoms with Crippen molar-refractivity contribution in [3.05, 3.63) is 71.3 Å². The average molecular weight is 447 g/mol. The van der Waals surface area contributed by atoms with Crippen LogP contribution in [0, 0.1) is 12.8 Å². The van der Waals surface area contributed by atoms with Gasteiger partial charge in [0.15, 0.2) is 0 Å². The number of carbonyl (C=O) groups excluding carboxylic acids is 2. The maximum atomic E-state index is 13.7. The third-order valence-corrected chi connectivity index (χ3v) is 6.55. The Balaban J connectivity index is 1.72. The fraction of sp³-hybridized carbons (Fsp3) is 0.444. The van der Waals surface area contributed by atoms with Gasteiger partial charge in [0.2, 0.25) is 0 Å². The molecule has 1 unspecified atom stereocenters. The van der Waals surface area contributed by atoms with Gasteiger partial charge in [-0.15, -0.1) is 0 Å². The standard InChI is InChI=1S/C27H34N4O2/c1-19(2)23(30(17-7-16-28)25(32)22-12-10-20(3)11-13-22)24-29-27(14-15-27)26(33)31(24)18-21-8-5-4-6-9-21/h4-6,8-13,19,23H,7,14-18,28H2,1-3H3. The van der Waals surface area contributed by atoms with Crippen molar-refractivity contribution < 1.29 is 9.59 Å². The zero-order valence-corrected chi connectivity index (χ0v) is 19.8. The second kappa shape index (κ2) is 9.48. The SMILES string of the molecule is Cc1ccc(C(=O)N(CCCN)C(C2=NC3(CC3)C(=O)N2Cc2ccccc2)C(C)C)cc1. The lowest BCUT2D eigenvalue weighted by atomic mass is 9.98. The van der Waals surface area contributed by atoms with Gasteiger partial charge in [-0.1, -0.05) is 61.9 Å². The smallest absolute Gasteiger partial charge is 0.256 e. The Kier molecular flexibility index (Phi) is 6.66. The average Bonchev–Trinajstić information content (AvgIpc) is 3.55. The highest BCUT2D eigenvalue weighted by Gasteiger charge is 2.58.